The van der Waals surface area contributed by atoms with Crippen molar-refractivity contribution in [1.29, 1.82) is 0 Å². The number of hydrogen-bond donors (Lipinski definition) is 1. The van der Waals surface area contributed by atoms with Gasteiger partial charge in [0, 0.05) is 38.0 Å². The number of para-hydroxylation sites is 1. The number of nitrogens with zero attached hydrogens (tertiary/aromatic N) is 2. The molecule has 2 fully saturated rings. The van der Waals surface area contributed by atoms with E-state index in [2.05, 4.69) is 19.2 Å². The summed E-state index contributed by atoms with van der Waals surface area (Å²) in [6.45, 7) is 7.36. The van der Waals surface area contributed by atoms with Crippen LogP contribution in [0.15, 0.2) is 24.3 Å². The molecule has 2 unspecified atom stereocenters. The summed E-state index contributed by atoms with van der Waals surface area (Å²) in [5, 5.41) is 3.05. The van der Waals surface area contributed by atoms with Crippen molar-refractivity contribution >= 4 is 23.4 Å². The lowest BCUT2D eigenvalue weighted by Gasteiger charge is -2.33. The highest BCUT2D eigenvalue weighted by molar-refractivity contribution is 6.00. The van der Waals surface area contributed by atoms with E-state index in [-0.39, 0.29) is 48.3 Å². The zero-order valence-corrected chi connectivity index (χ0v) is 17.4. The second-order valence-electron chi connectivity index (χ2n) is 8.50. The van der Waals surface area contributed by atoms with Gasteiger partial charge in [-0.25, -0.2) is 4.39 Å². The Morgan fingerprint density at radius 3 is 2.38 bits per heavy atom. The fraction of sp³-hybridized carbons (Fsp3) is 0.591. The molecule has 29 heavy (non-hydrogen) atoms. The minimum atomic E-state index is -0.464. The number of carbonyl (C=O) groups is 3. The molecule has 7 heteroatoms. The van der Waals surface area contributed by atoms with Crippen LogP contribution in [0.3, 0.4) is 0 Å². The quantitative estimate of drug-likeness (QED) is 0.822. The number of nitrogens with one attached hydrogen (secondary N) is 1. The Balaban J connectivity index is 1.54. The Labute approximate surface area is 171 Å². The molecule has 0 spiro atoms. The van der Waals surface area contributed by atoms with Crippen LogP contribution in [0.1, 0.15) is 40.0 Å². The van der Waals surface area contributed by atoms with Gasteiger partial charge in [-0.05, 0) is 37.8 Å². The smallest absolute Gasteiger partial charge is 0.228 e. The molecule has 0 bridgehead atoms. The second-order valence-corrected chi connectivity index (χ2v) is 8.50. The van der Waals surface area contributed by atoms with Crippen LogP contribution < -0.4 is 10.2 Å². The maximum absolute atomic E-state index is 14.0. The highest BCUT2D eigenvalue weighted by atomic mass is 19.1. The van der Waals surface area contributed by atoms with Crippen LogP contribution in [-0.4, -0.2) is 48.3 Å². The van der Waals surface area contributed by atoms with E-state index in [4.69, 9.17) is 0 Å². The van der Waals surface area contributed by atoms with Crippen molar-refractivity contribution in [2.24, 2.45) is 17.8 Å². The molecule has 6 nitrogen and oxygen atoms in total. The summed E-state index contributed by atoms with van der Waals surface area (Å²) in [6, 6.07) is 6.24. The van der Waals surface area contributed by atoms with Crippen LogP contribution in [0, 0.1) is 23.6 Å². The van der Waals surface area contributed by atoms with Crippen molar-refractivity contribution < 1.29 is 18.8 Å². The maximum Gasteiger partial charge on any atom is 0.228 e. The molecule has 0 aromatic heterocycles. The van der Waals surface area contributed by atoms with Crippen molar-refractivity contribution in [3.63, 3.8) is 0 Å². The number of amides is 3. The fourth-order valence-electron chi connectivity index (χ4n) is 3.91. The molecule has 0 saturated carbocycles. The second kappa shape index (κ2) is 8.93. The van der Waals surface area contributed by atoms with Crippen molar-refractivity contribution in [3.05, 3.63) is 30.1 Å². The monoisotopic (exact) mass is 403 g/mol. The number of halogens is 1. The van der Waals surface area contributed by atoms with E-state index in [1.807, 2.05) is 6.92 Å². The number of anilines is 1. The number of carbonyl (C=O) groups excluding carboxylic acids is 3. The van der Waals surface area contributed by atoms with E-state index in [1.165, 1.54) is 11.0 Å². The Hall–Kier alpha value is -2.44. The average Bonchev–Trinajstić information content (AvgIpc) is 3.09. The van der Waals surface area contributed by atoms with E-state index in [1.54, 1.807) is 23.1 Å². The lowest BCUT2D eigenvalue weighted by molar-refractivity contribution is -0.139. The normalized spacial score (nSPS) is 21.6. The Morgan fingerprint density at radius 2 is 1.76 bits per heavy atom. The molecule has 1 aromatic rings. The molecule has 158 valence electrons. The summed E-state index contributed by atoms with van der Waals surface area (Å²) in [4.78, 5) is 40.8. The van der Waals surface area contributed by atoms with Crippen LogP contribution in [-0.2, 0) is 14.4 Å². The van der Waals surface area contributed by atoms with E-state index >= 15 is 0 Å². The molecule has 2 saturated heterocycles. The highest BCUT2D eigenvalue weighted by Crippen LogP contribution is 2.29. The SMILES string of the molecule is CC(C)C(C)NC(=O)C1CCN(C(=O)C2CC(=O)N(c3ccccc3F)C2)CC1. The number of hydrogen-bond acceptors (Lipinski definition) is 3. The summed E-state index contributed by atoms with van der Waals surface area (Å²) >= 11 is 0. The highest BCUT2D eigenvalue weighted by Gasteiger charge is 2.39. The number of benzene rings is 1. The Bertz CT molecular complexity index is 774. The van der Waals surface area contributed by atoms with Gasteiger partial charge in [0.25, 0.3) is 0 Å². The first kappa shape index (κ1) is 21.3. The lowest BCUT2D eigenvalue weighted by Crippen LogP contribution is -2.47. The first-order chi connectivity index (χ1) is 13.8. The molecule has 1 aromatic carbocycles. The lowest BCUT2D eigenvalue weighted by atomic mass is 9.93. The number of rotatable bonds is 5. The zero-order chi connectivity index (χ0) is 21.1. The van der Waals surface area contributed by atoms with Gasteiger partial charge in [0.2, 0.25) is 17.7 Å². The third-order valence-corrected chi connectivity index (χ3v) is 6.16. The van der Waals surface area contributed by atoms with E-state index in [0.717, 1.165) is 0 Å². The molecule has 2 heterocycles. The predicted molar refractivity (Wildman–Crippen MR) is 109 cm³/mol. The molecule has 0 radical (unpaired) electrons. The fourth-order valence-corrected chi connectivity index (χ4v) is 3.91. The van der Waals surface area contributed by atoms with Crippen LogP contribution in [0.25, 0.3) is 0 Å². The number of piperidine rings is 1. The predicted octanol–water partition coefficient (Wildman–Crippen LogP) is 2.58. The van der Waals surface area contributed by atoms with Crippen LogP contribution in [0.4, 0.5) is 10.1 Å². The van der Waals surface area contributed by atoms with Gasteiger partial charge < -0.3 is 15.1 Å². The van der Waals surface area contributed by atoms with E-state index in [0.29, 0.717) is 31.8 Å². The summed E-state index contributed by atoms with van der Waals surface area (Å²) in [7, 11) is 0. The van der Waals surface area contributed by atoms with E-state index < -0.39 is 11.7 Å². The van der Waals surface area contributed by atoms with Gasteiger partial charge in [-0.15, -0.1) is 0 Å². The van der Waals surface area contributed by atoms with Gasteiger partial charge in [0.05, 0.1) is 11.6 Å². The molecule has 2 atom stereocenters. The van der Waals surface area contributed by atoms with Crippen LogP contribution >= 0.6 is 0 Å². The topological polar surface area (TPSA) is 69.7 Å². The van der Waals surface area contributed by atoms with Crippen molar-refractivity contribution in [2.75, 3.05) is 24.5 Å². The first-order valence-corrected chi connectivity index (χ1v) is 10.4. The van der Waals surface area contributed by atoms with E-state index in [9.17, 15) is 18.8 Å². The zero-order valence-electron chi connectivity index (χ0n) is 17.4. The molecular formula is C22H30FN3O3. The minimum absolute atomic E-state index is 0.0556. The molecule has 2 aliphatic rings. The van der Waals surface area contributed by atoms with Gasteiger partial charge in [-0.3, -0.25) is 14.4 Å². The molecule has 1 N–H and O–H groups in total. The third kappa shape index (κ3) is 4.77. The summed E-state index contributed by atoms with van der Waals surface area (Å²) < 4.78 is 14.0. The third-order valence-electron chi connectivity index (χ3n) is 6.16. The molecule has 2 aliphatic heterocycles. The van der Waals surface area contributed by atoms with Gasteiger partial charge >= 0.3 is 0 Å². The van der Waals surface area contributed by atoms with Crippen LogP contribution in [0.2, 0.25) is 0 Å². The molecular weight excluding hydrogens is 373 g/mol. The van der Waals surface area contributed by atoms with Gasteiger partial charge in [0.15, 0.2) is 0 Å². The van der Waals surface area contributed by atoms with Gasteiger partial charge in [-0.2, -0.15) is 0 Å². The maximum atomic E-state index is 14.0. The largest absolute Gasteiger partial charge is 0.353 e. The summed E-state index contributed by atoms with van der Waals surface area (Å²) in [5.74, 6) is -0.889. The number of likely N-dealkylation sites (tertiary alicyclic amines) is 1. The minimum Gasteiger partial charge on any atom is -0.353 e. The Kier molecular flexibility index (Phi) is 6.55. The molecule has 3 rings (SSSR count). The van der Waals surface area contributed by atoms with Crippen molar-refractivity contribution in [1.82, 2.24) is 10.2 Å². The van der Waals surface area contributed by atoms with Gasteiger partial charge in [0.1, 0.15) is 5.82 Å². The van der Waals surface area contributed by atoms with Crippen molar-refractivity contribution in [3.8, 4) is 0 Å². The average molecular weight is 403 g/mol. The first-order valence-electron chi connectivity index (χ1n) is 10.4. The Morgan fingerprint density at radius 1 is 1.10 bits per heavy atom. The molecule has 3 amide bonds. The summed E-state index contributed by atoms with van der Waals surface area (Å²) in [6.07, 6.45) is 1.35. The van der Waals surface area contributed by atoms with Crippen LogP contribution in [0.5, 0.6) is 0 Å². The van der Waals surface area contributed by atoms with Crippen molar-refractivity contribution in [2.45, 2.75) is 46.1 Å². The summed E-state index contributed by atoms with van der Waals surface area (Å²) in [5.41, 5.74) is 0.224. The standard InChI is InChI=1S/C22H30FN3O3/c1-14(2)15(3)24-21(28)16-8-10-25(11-9-16)22(29)17-12-20(27)26(13-17)19-7-5-4-6-18(19)23/h4-7,14-17H,8-13H2,1-3H3,(H,24,28). The molecule has 0 aliphatic carbocycles. The van der Waals surface area contributed by atoms with Gasteiger partial charge in [-0.1, -0.05) is 26.0 Å².